The highest BCUT2D eigenvalue weighted by molar-refractivity contribution is 5.91. The van der Waals surface area contributed by atoms with Crippen molar-refractivity contribution >= 4 is 16.3 Å². The van der Waals surface area contributed by atoms with E-state index < -0.39 is 0 Å². The summed E-state index contributed by atoms with van der Waals surface area (Å²) in [7, 11) is 1.15. The quantitative estimate of drug-likeness (QED) is 0.254. The van der Waals surface area contributed by atoms with E-state index in [1.165, 1.54) is 6.92 Å². The van der Waals surface area contributed by atoms with E-state index in [1.807, 2.05) is 0 Å². The first-order valence-corrected chi connectivity index (χ1v) is 1.96. The molecule has 0 fully saturated rings. The lowest BCUT2D eigenvalue weighted by atomic mass is 11.0. The number of carbonyl (C=O) groups excluding carboxylic acids is 1. The zero-order chi connectivity index (χ0) is 5.41. The van der Waals surface area contributed by atoms with Crippen LogP contribution in [0.5, 0.6) is 0 Å². The molecule has 0 aromatic carbocycles. The molecule has 0 atom stereocenters. The van der Waals surface area contributed by atoms with Crippen molar-refractivity contribution in [3.63, 3.8) is 0 Å². The maximum Gasteiger partial charge on any atom is 0.148 e. The summed E-state index contributed by atoms with van der Waals surface area (Å²) in [6.45, 7) is 1.44. The molecule has 0 aromatic heterocycles. The van der Waals surface area contributed by atoms with Crippen molar-refractivity contribution in [3.8, 4) is 0 Å². The summed E-state index contributed by atoms with van der Waals surface area (Å²) in [6.07, 6.45) is 0.750. The van der Waals surface area contributed by atoms with Crippen LogP contribution in [0.3, 0.4) is 0 Å². The minimum atomic E-state index is 0.750. The van der Waals surface area contributed by atoms with E-state index >= 15 is 0 Å². The molecular weight excluding hydrogens is 98.1 g/mol. The molecule has 0 bridgehead atoms. The van der Waals surface area contributed by atoms with Gasteiger partial charge in [-0.15, -0.1) is 0 Å². The third-order valence-electron chi connectivity index (χ3n) is 0. The molecule has 0 heterocycles. The van der Waals surface area contributed by atoms with Crippen LogP contribution in [-0.4, -0.2) is 21.5 Å². The van der Waals surface area contributed by atoms with Crippen molar-refractivity contribution in [2.45, 2.75) is 6.92 Å². The maximum absolute atomic E-state index is 8.81. The van der Waals surface area contributed by atoms with E-state index in [4.69, 9.17) is 10.0 Å². The van der Waals surface area contributed by atoms with Crippen molar-refractivity contribution in [1.82, 2.24) is 0 Å². The smallest absolute Gasteiger partial charge is 0.148 e. The third-order valence-corrected chi connectivity index (χ3v) is 0. The number of rotatable bonds is 0. The van der Waals surface area contributed by atoms with E-state index in [-0.39, 0.29) is 0 Å². The Hall–Kier alpha value is -0.513. The molecule has 0 saturated carbocycles. The van der Waals surface area contributed by atoms with Crippen LogP contribution < -0.4 is 0 Å². The fraction of sp³-hybridized carbons (Fsp3) is 0.500. The van der Waals surface area contributed by atoms with Gasteiger partial charge in [0.05, 0.1) is 0 Å². The second-order valence-electron chi connectivity index (χ2n) is 0.377. The van der Waals surface area contributed by atoms with E-state index in [9.17, 15) is 0 Å². The first-order chi connectivity index (χ1) is 2.83. The van der Waals surface area contributed by atoms with Crippen LogP contribution in [0.2, 0.25) is 0 Å². The molecule has 0 aliphatic rings. The lowest BCUT2D eigenvalue weighted by molar-refractivity contribution is -0.106. The zero-order valence-corrected chi connectivity index (χ0v) is 5.00. The second-order valence-corrected chi connectivity index (χ2v) is 0.660. The van der Waals surface area contributed by atoms with Gasteiger partial charge in [-0.05, 0) is 6.92 Å². The lowest BCUT2D eigenvalue weighted by Gasteiger charge is -1.45. The van der Waals surface area contributed by atoms with Crippen LogP contribution >= 0.6 is 0 Å². The summed E-state index contributed by atoms with van der Waals surface area (Å²) in [6, 6.07) is 0. The minimum absolute atomic E-state index is 0.750. The van der Waals surface area contributed by atoms with Crippen molar-refractivity contribution in [2.75, 3.05) is 0 Å². The molecule has 0 unspecified atom stereocenters. The minimum Gasteiger partial charge on any atom is -0.422 e. The van der Waals surface area contributed by atoms with Gasteiger partial charge in [0.15, 0.2) is 0 Å². The fourth-order valence-electron chi connectivity index (χ4n) is 0. The molecule has 3 nitrogen and oxygen atoms in total. The molecule has 0 aromatic rings. The largest absolute Gasteiger partial charge is 0.422 e. The van der Waals surface area contributed by atoms with E-state index in [2.05, 4.69) is 4.80 Å². The fourth-order valence-corrected chi connectivity index (χ4v) is 0. The van der Waals surface area contributed by atoms with Crippen molar-refractivity contribution < 1.29 is 10.0 Å². The molecule has 0 radical (unpaired) electrons. The van der Waals surface area contributed by atoms with Crippen LogP contribution in [0.15, 0.2) is 4.80 Å². The van der Waals surface area contributed by atoms with E-state index in [1.54, 1.807) is 0 Å². The van der Waals surface area contributed by atoms with Gasteiger partial charge in [-0.3, -0.25) is 0 Å². The first kappa shape index (κ1) is 9.09. The number of carbonyl (C=O) groups is 1. The maximum atomic E-state index is 8.81. The monoisotopic (exact) mass is 105 g/mol. The highest BCUT2D eigenvalue weighted by Crippen LogP contribution is 1.18. The van der Waals surface area contributed by atoms with Crippen molar-refractivity contribution in [1.29, 1.82) is 0 Å². The standard InChI is InChI=1S/C2H4O.H3NOSi/c1-2-3;2-1-3/h2H,1H3;2H,3H2. The van der Waals surface area contributed by atoms with Gasteiger partial charge < -0.3 is 10.0 Å². The highest BCUT2D eigenvalue weighted by atomic mass is 28.1. The van der Waals surface area contributed by atoms with Gasteiger partial charge in [0.25, 0.3) is 0 Å². The van der Waals surface area contributed by atoms with Crippen LogP contribution in [0.25, 0.3) is 0 Å². The molecule has 0 rings (SSSR count). The van der Waals surface area contributed by atoms with Gasteiger partial charge in [-0.25, -0.2) is 0 Å². The summed E-state index contributed by atoms with van der Waals surface area (Å²) in [4.78, 5) is 11.3. The van der Waals surface area contributed by atoms with E-state index in [0.717, 1.165) is 16.3 Å². The summed E-state index contributed by atoms with van der Waals surface area (Å²) >= 11 is 0. The van der Waals surface area contributed by atoms with Crippen LogP contribution in [-0.2, 0) is 4.79 Å². The van der Waals surface area contributed by atoms with Crippen LogP contribution in [0.1, 0.15) is 6.92 Å². The number of hydrogen-bond donors (Lipinski definition) is 1. The van der Waals surface area contributed by atoms with Gasteiger partial charge in [0, 0.05) is 0 Å². The highest BCUT2D eigenvalue weighted by Gasteiger charge is 1.24. The summed E-state index contributed by atoms with van der Waals surface area (Å²) < 4.78 is 0. The molecule has 1 N–H and O–H groups in total. The Kier molecular flexibility index (Phi) is 37.4. The molecule has 0 aliphatic carbocycles. The molecule has 0 amide bonds. The molecule has 0 aliphatic heterocycles. The average molecular weight is 105 g/mol. The Balaban J connectivity index is 0. The van der Waals surface area contributed by atoms with Gasteiger partial charge in [-0.2, -0.15) is 4.80 Å². The Bertz CT molecular complexity index is 32.5. The normalized spacial score (nSPS) is 4.17. The summed E-state index contributed by atoms with van der Waals surface area (Å²) in [5.74, 6) is 0. The molecule has 0 spiro atoms. The molecule has 36 valence electrons. The molecular formula is C2H7NO2Si. The Morgan fingerprint density at radius 2 is 2.00 bits per heavy atom. The summed E-state index contributed by atoms with van der Waals surface area (Å²) in [5.41, 5.74) is 0. The van der Waals surface area contributed by atoms with Crippen LogP contribution in [0, 0.1) is 0 Å². The van der Waals surface area contributed by atoms with Gasteiger partial charge in [-0.1, -0.05) is 0 Å². The van der Waals surface area contributed by atoms with Gasteiger partial charge in [0.1, 0.15) is 16.3 Å². The third kappa shape index (κ3) is 81.9. The zero-order valence-electron chi connectivity index (χ0n) is 3.59. The Labute approximate surface area is 39.1 Å². The summed E-state index contributed by atoms with van der Waals surface area (Å²) in [5, 5.41) is 7.21. The van der Waals surface area contributed by atoms with Crippen molar-refractivity contribution in [3.05, 3.63) is 0 Å². The molecule has 0 saturated heterocycles. The number of hydrogen-bond acceptors (Lipinski definition) is 3. The predicted molar refractivity (Wildman–Crippen MR) is 24.5 cm³/mol. The van der Waals surface area contributed by atoms with Gasteiger partial charge in [0.2, 0.25) is 0 Å². The average Bonchev–Trinajstić information content (AvgIpc) is 1.39. The van der Waals surface area contributed by atoms with Crippen molar-refractivity contribution in [2.24, 2.45) is 4.80 Å². The van der Waals surface area contributed by atoms with Gasteiger partial charge >= 0.3 is 0 Å². The number of nitrogens with zero attached hydrogens (tertiary/aromatic N) is 1. The molecule has 4 heteroatoms. The van der Waals surface area contributed by atoms with E-state index in [0.29, 0.717) is 0 Å². The predicted octanol–water partition coefficient (Wildman–Crippen LogP) is -0.603. The topological polar surface area (TPSA) is 49.7 Å². The Morgan fingerprint density at radius 3 is 2.00 bits per heavy atom. The molecule has 6 heavy (non-hydrogen) atoms. The second kappa shape index (κ2) is 24.7. The first-order valence-electron chi connectivity index (χ1n) is 1.33. The Morgan fingerprint density at radius 1 is 2.00 bits per heavy atom. The lowest BCUT2D eigenvalue weighted by Crippen LogP contribution is -1.36. The van der Waals surface area contributed by atoms with Crippen LogP contribution in [0.4, 0.5) is 0 Å². The number of aldehydes is 1. The SMILES string of the molecule is CC=O.ON=[SiH2].